The van der Waals surface area contributed by atoms with Crippen molar-refractivity contribution in [1.29, 1.82) is 0 Å². The third kappa shape index (κ3) is 4.02. The summed E-state index contributed by atoms with van der Waals surface area (Å²) in [5.41, 5.74) is 0.614. The highest BCUT2D eigenvalue weighted by atomic mass is 32.2. The van der Waals surface area contributed by atoms with E-state index in [0.717, 1.165) is 16.4 Å². The molecule has 2 rings (SSSR count). The Bertz CT molecular complexity index is 854. The van der Waals surface area contributed by atoms with E-state index in [0.29, 0.717) is 17.1 Å². The summed E-state index contributed by atoms with van der Waals surface area (Å²) >= 11 is 0. The summed E-state index contributed by atoms with van der Waals surface area (Å²) in [6.07, 6.45) is 0. The Morgan fingerprint density at radius 2 is 1.60 bits per heavy atom. The van der Waals surface area contributed by atoms with Crippen molar-refractivity contribution >= 4 is 10.0 Å². The molecule has 8 heteroatoms. The molecule has 0 heterocycles. The van der Waals surface area contributed by atoms with Gasteiger partial charge in [0, 0.05) is 19.2 Å². The lowest BCUT2D eigenvalue weighted by atomic mass is 10.2. The van der Waals surface area contributed by atoms with Gasteiger partial charge in [-0.25, -0.2) is 12.8 Å². The Morgan fingerprint density at radius 1 is 0.960 bits per heavy atom. The first-order valence-electron chi connectivity index (χ1n) is 7.34. The highest BCUT2D eigenvalue weighted by Gasteiger charge is 2.26. The van der Waals surface area contributed by atoms with E-state index in [9.17, 15) is 12.8 Å². The minimum absolute atomic E-state index is 0.0162. The van der Waals surface area contributed by atoms with Crippen LogP contribution in [0.2, 0.25) is 0 Å². The van der Waals surface area contributed by atoms with E-state index < -0.39 is 15.8 Å². The van der Waals surface area contributed by atoms with E-state index in [4.69, 9.17) is 14.2 Å². The standard InChI is InChI=1S/C17H20FNO5S/c1-19(11-12-9-14(22-2)6-8-15(12)23-3)25(20,21)17-10-13(18)5-7-16(17)24-4/h5-10H,11H2,1-4H3. The van der Waals surface area contributed by atoms with Gasteiger partial charge in [-0.05, 0) is 36.4 Å². The highest BCUT2D eigenvalue weighted by molar-refractivity contribution is 7.89. The first kappa shape index (κ1) is 19.0. The van der Waals surface area contributed by atoms with Gasteiger partial charge in [0.1, 0.15) is 28.0 Å². The van der Waals surface area contributed by atoms with Crippen LogP contribution in [0.15, 0.2) is 41.3 Å². The number of methoxy groups -OCH3 is 3. The number of ether oxygens (including phenoxy) is 3. The first-order chi connectivity index (χ1) is 11.8. The molecule has 0 unspecified atom stereocenters. The summed E-state index contributed by atoms with van der Waals surface area (Å²) in [6, 6.07) is 8.45. The zero-order valence-corrected chi connectivity index (χ0v) is 15.3. The van der Waals surface area contributed by atoms with Crippen molar-refractivity contribution in [2.75, 3.05) is 28.4 Å². The maximum Gasteiger partial charge on any atom is 0.246 e. The predicted molar refractivity (Wildman–Crippen MR) is 91.2 cm³/mol. The van der Waals surface area contributed by atoms with Crippen LogP contribution >= 0.6 is 0 Å². The van der Waals surface area contributed by atoms with Crippen LogP contribution in [-0.4, -0.2) is 41.1 Å². The van der Waals surface area contributed by atoms with Gasteiger partial charge in [-0.15, -0.1) is 0 Å². The van der Waals surface area contributed by atoms with Crippen LogP contribution in [0.5, 0.6) is 17.2 Å². The molecule has 0 fully saturated rings. The van der Waals surface area contributed by atoms with E-state index >= 15 is 0 Å². The number of halogens is 1. The maximum absolute atomic E-state index is 13.5. The maximum atomic E-state index is 13.5. The first-order valence-corrected chi connectivity index (χ1v) is 8.78. The normalized spacial score (nSPS) is 11.4. The SMILES string of the molecule is COc1ccc(OC)c(CN(C)S(=O)(=O)c2cc(F)ccc2OC)c1. The minimum Gasteiger partial charge on any atom is -0.497 e. The van der Waals surface area contributed by atoms with Crippen LogP contribution in [0.4, 0.5) is 4.39 Å². The fourth-order valence-electron chi connectivity index (χ4n) is 2.35. The Morgan fingerprint density at radius 3 is 2.20 bits per heavy atom. The van der Waals surface area contributed by atoms with Crippen molar-refractivity contribution in [3.8, 4) is 17.2 Å². The smallest absolute Gasteiger partial charge is 0.246 e. The Balaban J connectivity index is 2.40. The van der Waals surface area contributed by atoms with E-state index in [-0.39, 0.29) is 17.2 Å². The molecule has 0 saturated carbocycles. The van der Waals surface area contributed by atoms with Crippen LogP contribution in [0.25, 0.3) is 0 Å². The summed E-state index contributed by atoms with van der Waals surface area (Å²) < 4.78 is 55.8. The van der Waals surface area contributed by atoms with Gasteiger partial charge in [0.05, 0.1) is 21.3 Å². The fraction of sp³-hybridized carbons (Fsp3) is 0.294. The van der Waals surface area contributed by atoms with Crippen molar-refractivity contribution in [1.82, 2.24) is 4.31 Å². The third-order valence-corrected chi connectivity index (χ3v) is 5.52. The van der Waals surface area contributed by atoms with E-state index in [1.165, 1.54) is 34.4 Å². The molecular formula is C17H20FNO5S. The molecule has 0 spiro atoms. The molecule has 0 saturated heterocycles. The Kier molecular flexibility index (Phi) is 5.86. The summed E-state index contributed by atoms with van der Waals surface area (Å²) in [5.74, 6) is 0.511. The molecule has 2 aromatic carbocycles. The molecule has 0 atom stereocenters. The van der Waals surface area contributed by atoms with Gasteiger partial charge in [0.15, 0.2) is 0 Å². The topological polar surface area (TPSA) is 65.1 Å². The molecule has 2 aromatic rings. The molecule has 0 aliphatic heterocycles. The number of hydrogen-bond donors (Lipinski definition) is 0. The monoisotopic (exact) mass is 369 g/mol. The summed E-state index contributed by atoms with van der Waals surface area (Å²) in [5, 5.41) is 0. The average molecular weight is 369 g/mol. The van der Waals surface area contributed by atoms with Crippen molar-refractivity contribution in [2.45, 2.75) is 11.4 Å². The van der Waals surface area contributed by atoms with Crippen LogP contribution in [0.1, 0.15) is 5.56 Å². The third-order valence-electron chi connectivity index (χ3n) is 3.69. The van der Waals surface area contributed by atoms with Crippen molar-refractivity contribution in [3.05, 3.63) is 47.8 Å². The number of hydrogen-bond acceptors (Lipinski definition) is 5. The molecule has 136 valence electrons. The summed E-state index contributed by atoms with van der Waals surface area (Å²) in [6.45, 7) is 0.0162. The molecular weight excluding hydrogens is 349 g/mol. The van der Waals surface area contributed by atoms with Gasteiger partial charge in [-0.1, -0.05) is 0 Å². The highest BCUT2D eigenvalue weighted by Crippen LogP contribution is 2.30. The van der Waals surface area contributed by atoms with Crippen LogP contribution in [0.3, 0.4) is 0 Å². The lowest BCUT2D eigenvalue weighted by Crippen LogP contribution is -2.27. The molecule has 0 N–H and O–H groups in total. The van der Waals surface area contributed by atoms with Crippen molar-refractivity contribution in [3.63, 3.8) is 0 Å². The van der Waals surface area contributed by atoms with Gasteiger partial charge >= 0.3 is 0 Å². The lowest BCUT2D eigenvalue weighted by Gasteiger charge is -2.20. The second-order valence-electron chi connectivity index (χ2n) is 5.23. The Labute approximate surface area is 146 Å². The lowest BCUT2D eigenvalue weighted by molar-refractivity contribution is 0.385. The van der Waals surface area contributed by atoms with E-state index in [1.807, 2.05) is 0 Å². The molecule has 0 amide bonds. The second kappa shape index (κ2) is 7.71. The molecule has 0 aliphatic rings. The van der Waals surface area contributed by atoms with Crippen molar-refractivity contribution in [2.24, 2.45) is 0 Å². The number of benzene rings is 2. The van der Waals surface area contributed by atoms with Gasteiger partial charge < -0.3 is 14.2 Å². The number of nitrogens with zero attached hydrogens (tertiary/aromatic N) is 1. The van der Waals surface area contributed by atoms with Crippen LogP contribution in [-0.2, 0) is 16.6 Å². The molecule has 25 heavy (non-hydrogen) atoms. The quantitative estimate of drug-likeness (QED) is 0.751. The molecule has 0 bridgehead atoms. The fourth-order valence-corrected chi connectivity index (χ4v) is 3.66. The zero-order chi connectivity index (χ0) is 18.6. The minimum atomic E-state index is -3.98. The van der Waals surface area contributed by atoms with Gasteiger partial charge in [0.25, 0.3) is 0 Å². The van der Waals surface area contributed by atoms with Gasteiger partial charge in [0.2, 0.25) is 10.0 Å². The largest absolute Gasteiger partial charge is 0.497 e. The van der Waals surface area contributed by atoms with Crippen molar-refractivity contribution < 1.29 is 27.0 Å². The molecule has 0 aromatic heterocycles. The molecule has 0 aliphatic carbocycles. The zero-order valence-electron chi connectivity index (χ0n) is 14.4. The second-order valence-corrected chi connectivity index (χ2v) is 7.25. The van der Waals surface area contributed by atoms with Crippen LogP contribution in [0, 0.1) is 5.82 Å². The molecule has 0 radical (unpaired) electrons. The molecule has 6 nitrogen and oxygen atoms in total. The summed E-state index contributed by atoms with van der Waals surface area (Å²) in [4.78, 5) is -0.237. The number of rotatable bonds is 7. The number of sulfonamides is 1. The van der Waals surface area contributed by atoms with E-state index in [2.05, 4.69) is 0 Å². The Hall–Kier alpha value is -2.32. The van der Waals surface area contributed by atoms with Crippen LogP contribution < -0.4 is 14.2 Å². The van der Waals surface area contributed by atoms with Gasteiger partial charge in [-0.2, -0.15) is 4.31 Å². The predicted octanol–water partition coefficient (Wildman–Crippen LogP) is 2.67. The van der Waals surface area contributed by atoms with E-state index in [1.54, 1.807) is 18.2 Å². The summed E-state index contributed by atoms with van der Waals surface area (Å²) in [7, 11) is 1.77. The average Bonchev–Trinajstić information content (AvgIpc) is 2.61. The van der Waals surface area contributed by atoms with Gasteiger partial charge in [-0.3, -0.25) is 0 Å².